The summed E-state index contributed by atoms with van der Waals surface area (Å²) in [5.41, 5.74) is 3.18. The van der Waals surface area contributed by atoms with E-state index in [1.54, 1.807) is 0 Å². The Hall–Kier alpha value is -2.17. The number of rotatable bonds is 4. The number of aryl methyl sites for hydroxylation is 1. The fourth-order valence-electron chi connectivity index (χ4n) is 3.84. The van der Waals surface area contributed by atoms with Gasteiger partial charge < -0.3 is 9.30 Å². The minimum absolute atomic E-state index is 0.217. The summed E-state index contributed by atoms with van der Waals surface area (Å²) in [4.78, 5) is 15.0. The van der Waals surface area contributed by atoms with Gasteiger partial charge in [-0.3, -0.25) is 9.69 Å². The van der Waals surface area contributed by atoms with Crippen LogP contribution < -0.4 is 0 Å². The summed E-state index contributed by atoms with van der Waals surface area (Å²) in [5, 5.41) is 2.36. The highest BCUT2D eigenvalue weighted by atomic mass is 16.5. The molecule has 1 aromatic heterocycles. The molecule has 0 N–H and O–H groups in total. The standard InChI is InChI=1S/C21H24N2O2/c1-15-14-23(11-12-25-15)10-9-21(24)16-7-8-20-18(13-16)17-5-3-4-6-19(17)22(20)2/h3-8,13,15H,9-12,14H2,1-2H3. The van der Waals surface area contributed by atoms with Crippen LogP contribution in [0.1, 0.15) is 23.7 Å². The molecule has 4 nitrogen and oxygen atoms in total. The molecule has 1 fully saturated rings. The largest absolute Gasteiger partial charge is 0.376 e. The Morgan fingerprint density at radius 2 is 1.96 bits per heavy atom. The number of fused-ring (bicyclic) bond motifs is 3. The van der Waals surface area contributed by atoms with Crippen molar-refractivity contribution in [2.45, 2.75) is 19.4 Å². The molecule has 25 heavy (non-hydrogen) atoms. The first-order valence-electron chi connectivity index (χ1n) is 8.98. The van der Waals surface area contributed by atoms with Gasteiger partial charge in [0.05, 0.1) is 12.7 Å². The lowest BCUT2D eigenvalue weighted by Gasteiger charge is -2.30. The number of morpholine rings is 1. The van der Waals surface area contributed by atoms with Gasteiger partial charge in [0.25, 0.3) is 0 Å². The van der Waals surface area contributed by atoms with E-state index in [4.69, 9.17) is 4.74 Å². The van der Waals surface area contributed by atoms with Gasteiger partial charge in [-0.1, -0.05) is 18.2 Å². The Morgan fingerprint density at radius 3 is 2.80 bits per heavy atom. The van der Waals surface area contributed by atoms with Crippen molar-refractivity contribution in [2.75, 3.05) is 26.2 Å². The highest BCUT2D eigenvalue weighted by Crippen LogP contribution is 2.29. The van der Waals surface area contributed by atoms with E-state index >= 15 is 0 Å². The summed E-state index contributed by atoms with van der Waals surface area (Å²) >= 11 is 0. The molecule has 4 rings (SSSR count). The maximum Gasteiger partial charge on any atom is 0.164 e. The first kappa shape index (κ1) is 16.3. The number of carbonyl (C=O) groups excluding carboxylic acids is 1. The molecule has 2 heterocycles. The number of hydrogen-bond acceptors (Lipinski definition) is 3. The second-order valence-corrected chi connectivity index (χ2v) is 6.96. The highest BCUT2D eigenvalue weighted by molar-refractivity contribution is 6.10. The third-order valence-corrected chi connectivity index (χ3v) is 5.22. The van der Waals surface area contributed by atoms with Gasteiger partial charge in [0.2, 0.25) is 0 Å². The van der Waals surface area contributed by atoms with Gasteiger partial charge in [-0.15, -0.1) is 0 Å². The topological polar surface area (TPSA) is 34.5 Å². The van der Waals surface area contributed by atoms with Crippen LogP contribution in [0, 0.1) is 0 Å². The number of nitrogens with zero attached hydrogens (tertiary/aromatic N) is 2. The lowest BCUT2D eigenvalue weighted by atomic mass is 10.0. The van der Waals surface area contributed by atoms with Crippen molar-refractivity contribution >= 4 is 27.6 Å². The molecule has 130 valence electrons. The highest BCUT2D eigenvalue weighted by Gasteiger charge is 2.18. The predicted molar refractivity (Wildman–Crippen MR) is 101 cm³/mol. The lowest BCUT2D eigenvalue weighted by Crippen LogP contribution is -2.41. The van der Waals surface area contributed by atoms with Crippen molar-refractivity contribution in [1.29, 1.82) is 0 Å². The van der Waals surface area contributed by atoms with Crippen LogP contribution in [-0.4, -0.2) is 47.6 Å². The van der Waals surface area contributed by atoms with E-state index in [0.717, 1.165) is 37.2 Å². The molecule has 1 unspecified atom stereocenters. The van der Waals surface area contributed by atoms with Crippen LogP contribution in [0.2, 0.25) is 0 Å². The van der Waals surface area contributed by atoms with Crippen LogP contribution in [0.3, 0.4) is 0 Å². The lowest BCUT2D eigenvalue weighted by molar-refractivity contribution is -0.0180. The van der Waals surface area contributed by atoms with E-state index in [0.29, 0.717) is 6.42 Å². The van der Waals surface area contributed by atoms with Gasteiger partial charge >= 0.3 is 0 Å². The molecule has 0 spiro atoms. The molecule has 1 aliphatic heterocycles. The van der Waals surface area contributed by atoms with Gasteiger partial charge in [-0.05, 0) is 31.2 Å². The quantitative estimate of drug-likeness (QED) is 0.683. The normalized spacial score (nSPS) is 18.9. The summed E-state index contributed by atoms with van der Waals surface area (Å²) in [5.74, 6) is 0.217. The van der Waals surface area contributed by atoms with E-state index in [1.165, 1.54) is 16.4 Å². The zero-order valence-electron chi connectivity index (χ0n) is 14.9. The Labute approximate surface area is 148 Å². The number of hydrogen-bond donors (Lipinski definition) is 0. The molecule has 0 aliphatic carbocycles. The third kappa shape index (κ3) is 3.08. The number of para-hydroxylation sites is 1. The van der Waals surface area contributed by atoms with Crippen molar-refractivity contribution < 1.29 is 9.53 Å². The van der Waals surface area contributed by atoms with Crippen LogP contribution >= 0.6 is 0 Å². The Kier molecular flexibility index (Phi) is 4.32. The second kappa shape index (κ2) is 6.62. The minimum Gasteiger partial charge on any atom is -0.376 e. The third-order valence-electron chi connectivity index (χ3n) is 5.22. The van der Waals surface area contributed by atoms with Crippen LogP contribution in [0.5, 0.6) is 0 Å². The number of carbonyl (C=O) groups is 1. The van der Waals surface area contributed by atoms with E-state index < -0.39 is 0 Å². The molecule has 0 saturated carbocycles. The molecular formula is C21H24N2O2. The summed E-state index contributed by atoms with van der Waals surface area (Å²) in [6, 6.07) is 14.4. The van der Waals surface area contributed by atoms with Crippen molar-refractivity contribution in [3.05, 3.63) is 48.0 Å². The van der Waals surface area contributed by atoms with Crippen LogP contribution in [-0.2, 0) is 11.8 Å². The van der Waals surface area contributed by atoms with Crippen molar-refractivity contribution in [3.63, 3.8) is 0 Å². The maximum atomic E-state index is 12.7. The van der Waals surface area contributed by atoms with E-state index in [1.807, 2.05) is 6.07 Å². The number of benzene rings is 2. The zero-order valence-corrected chi connectivity index (χ0v) is 14.9. The Balaban J connectivity index is 1.56. The number of aromatic nitrogens is 1. The van der Waals surface area contributed by atoms with Gasteiger partial charge in [0.15, 0.2) is 5.78 Å². The predicted octanol–water partition coefficient (Wildman–Crippen LogP) is 3.63. The van der Waals surface area contributed by atoms with Crippen molar-refractivity contribution in [2.24, 2.45) is 7.05 Å². The zero-order chi connectivity index (χ0) is 17.4. The van der Waals surface area contributed by atoms with Gasteiger partial charge in [-0.25, -0.2) is 0 Å². The first-order valence-corrected chi connectivity index (χ1v) is 8.98. The van der Waals surface area contributed by atoms with Gasteiger partial charge in [-0.2, -0.15) is 0 Å². The summed E-state index contributed by atoms with van der Waals surface area (Å²) in [6.45, 7) is 5.48. The molecule has 0 amide bonds. The summed E-state index contributed by atoms with van der Waals surface area (Å²) in [6.07, 6.45) is 0.819. The first-order chi connectivity index (χ1) is 12.1. The van der Waals surface area contributed by atoms with Gasteiger partial charge in [0, 0.05) is 60.5 Å². The van der Waals surface area contributed by atoms with Crippen LogP contribution in [0.25, 0.3) is 21.8 Å². The summed E-state index contributed by atoms with van der Waals surface area (Å²) < 4.78 is 7.75. The molecule has 1 saturated heterocycles. The number of Topliss-reactive ketones (excluding diaryl/α,β-unsaturated/α-hetero) is 1. The molecule has 0 radical (unpaired) electrons. The molecule has 1 atom stereocenters. The average molecular weight is 336 g/mol. The minimum atomic E-state index is 0.217. The average Bonchev–Trinajstić information content (AvgIpc) is 2.92. The molecular weight excluding hydrogens is 312 g/mol. The van der Waals surface area contributed by atoms with Crippen LogP contribution in [0.4, 0.5) is 0 Å². The SMILES string of the molecule is CC1CN(CCC(=O)c2ccc3c(c2)c2ccccc2n3C)CCO1. The van der Waals surface area contributed by atoms with Gasteiger partial charge in [0.1, 0.15) is 0 Å². The van der Waals surface area contributed by atoms with E-state index in [2.05, 4.69) is 59.8 Å². The summed E-state index contributed by atoms with van der Waals surface area (Å²) in [7, 11) is 2.08. The van der Waals surface area contributed by atoms with Crippen molar-refractivity contribution in [1.82, 2.24) is 9.47 Å². The molecule has 2 aromatic carbocycles. The Bertz CT molecular complexity index is 928. The smallest absolute Gasteiger partial charge is 0.164 e. The second-order valence-electron chi connectivity index (χ2n) is 6.96. The van der Waals surface area contributed by atoms with E-state index in [9.17, 15) is 4.79 Å². The maximum absolute atomic E-state index is 12.7. The number of ether oxygens (including phenoxy) is 1. The Morgan fingerprint density at radius 1 is 1.16 bits per heavy atom. The molecule has 3 aromatic rings. The van der Waals surface area contributed by atoms with Crippen molar-refractivity contribution in [3.8, 4) is 0 Å². The number of ketones is 1. The fraction of sp³-hybridized carbons (Fsp3) is 0.381. The monoisotopic (exact) mass is 336 g/mol. The van der Waals surface area contributed by atoms with Crippen LogP contribution in [0.15, 0.2) is 42.5 Å². The molecule has 1 aliphatic rings. The fourth-order valence-corrected chi connectivity index (χ4v) is 3.84. The van der Waals surface area contributed by atoms with E-state index in [-0.39, 0.29) is 11.9 Å². The molecule has 0 bridgehead atoms. The molecule has 4 heteroatoms.